The lowest BCUT2D eigenvalue weighted by molar-refractivity contribution is 0.0769. The molecule has 1 saturated heterocycles. The number of nitrogens with one attached hydrogen (secondary N) is 1. The smallest absolute Gasteiger partial charge is 0.0991 e. The van der Waals surface area contributed by atoms with E-state index in [9.17, 15) is 0 Å². The minimum Gasteiger partial charge on any atom is -0.378 e. The van der Waals surface area contributed by atoms with E-state index in [1.165, 1.54) is 5.56 Å². The van der Waals surface area contributed by atoms with Gasteiger partial charge in [-0.3, -0.25) is 0 Å². The summed E-state index contributed by atoms with van der Waals surface area (Å²) in [4.78, 5) is 0. The lowest BCUT2D eigenvalue weighted by Crippen LogP contribution is -2.34. The first-order valence-electron chi connectivity index (χ1n) is 4.71. The second-order valence-corrected chi connectivity index (χ2v) is 3.32. The fourth-order valence-corrected chi connectivity index (χ4v) is 1.57. The molecular weight excluding hydrogens is 212 g/mol. The zero-order valence-corrected chi connectivity index (χ0v) is 9.09. The van der Waals surface area contributed by atoms with Crippen LogP contribution in [-0.4, -0.2) is 19.8 Å². The molecule has 80 valence electrons. The summed E-state index contributed by atoms with van der Waals surface area (Å²) < 4.78 is 5.37. The lowest BCUT2D eigenvalue weighted by Gasteiger charge is -2.24. The minimum absolute atomic E-state index is 0. The van der Waals surface area contributed by atoms with E-state index < -0.39 is 0 Å². The molecule has 3 nitrogen and oxygen atoms in total. The topological polar surface area (TPSA) is 45.0 Å². The molecule has 0 saturated carbocycles. The normalized spacial score (nSPS) is 20.1. The summed E-state index contributed by atoms with van der Waals surface area (Å²) in [6, 6.07) is 10.0. The van der Waals surface area contributed by atoms with Crippen LogP contribution in [-0.2, 0) is 4.74 Å². The Balaban J connectivity index is 0.00000112. The van der Waals surface area contributed by atoms with Gasteiger partial charge in [0.25, 0.3) is 0 Å². The van der Waals surface area contributed by atoms with Crippen molar-refractivity contribution in [3.05, 3.63) is 35.4 Å². The van der Waals surface area contributed by atoms with Crippen molar-refractivity contribution in [1.82, 2.24) is 5.32 Å². The number of hydrogen-bond donors (Lipinski definition) is 1. The van der Waals surface area contributed by atoms with Gasteiger partial charge in [0.05, 0.1) is 30.9 Å². The molecule has 4 heteroatoms. The average molecular weight is 225 g/mol. The van der Waals surface area contributed by atoms with Gasteiger partial charge >= 0.3 is 0 Å². The highest BCUT2D eigenvalue weighted by Crippen LogP contribution is 2.15. The zero-order valence-electron chi connectivity index (χ0n) is 8.27. The summed E-state index contributed by atoms with van der Waals surface area (Å²) in [7, 11) is 0. The maximum atomic E-state index is 8.65. The van der Waals surface area contributed by atoms with Gasteiger partial charge < -0.3 is 10.1 Å². The minimum atomic E-state index is 0. The van der Waals surface area contributed by atoms with Gasteiger partial charge in [0.2, 0.25) is 0 Å². The molecule has 0 radical (unpaired) electrons. The van der Waals surface area contributed by atoms with Crippen LogP contribution >= 0.6 is 12.4 Å². The van der Waals surface area contributed by atoms with Crippen LogP contribution in [0.4, 0.5) is 0 Å². The third kappa shape index (κ3) is 2.93. The first-order chi connectivity index (χ1) is 6.90. The Morgan fingerprint density at radius 2 is 2.07 bits per heavy atom. The average Bonchev–Trinajstić information content (AvgIpc) is 2.30. The van der Waals surface area contributed by atoms with Crippen LogP contribution in [0.15, 0.2) is 24.3 Å². The molecular formula is C11H13ClN2O. The molecule has 1 aliphatic rings. The quantitative estimate of drug-likeness (QED) is 0.789. The highest BCUT2D eigenvalue weighted by Gasteiger charge is 2.14. The van der Waals surface area contributed by atoms with Crippen molar-refractivity contribution in [1.29, 1.82) is 5.26 Å². The molecule has 1 aromatic carbocycles. The van der Waals surface area contributed by atoms with Crippen molar-refractivity contribution >= 4 is 12.4 Å². The molecule has 1 N–H and O–H groups in total. The van der Waals surface area contributed by atoms with Crippen LogP contribution < -0.4 is 5.32 Å². The molecule has 0 aliphatic carbocycles. The van der Waals surface area contributed by atoms with Crippen LogP contribution in [0.5, 0.6) is 0 Å². The third-order valence-electron chi connectivity index (χ3n) is 2.36. The molecule has 0 unspecified atom stereocenters. The van der Waals surface area contributed by atoms with Gasteiger partial charge in [0, 0.05) is 6.54 Å². The zero-order chi connectivity index (χ0) is 9.80. The summed E-state index contributed by atoms with van der Waals surface area (Å²) in [5.74, 6) is 0. The van der Waals surface area contributed by atoms with Crippen LogP contribution in [0.3, 0.4) is 0 Å². The number of nitrogens with zero attached hydrogens (tertiary/aromatic N) is 1. The maximum absolute atomic E-state index is 8.65. The molecule has 1 aromatic rings. The Bertz CT molecular complexity index is 339. The van der Waals surface area contributed by atoms with E-state index in [4.69, 9.17) is 10.00 Å². The van der Waals surface area contributed by atoms with E-state index >= 15 is 0 Å². The fraction of sp³-hybridized carbons (Fsp3) is 0.364. The first-order valence-corrected chi connectivity index (χ1v) is 4.71. The number of ether oxygens (including phenoxy) is 1. The van der Waals surface area contributed by atoms with E-state index in [1.807, 2.05) is 24.3 Å². The van der Waals surface area contributed by atoms with Crippen molar-refractivity contribution in [2.24, 2.45) is 0 Å². The maximum Gasteiger partial charge on any atom is 0.0991 e. The number of rotatable bonds is 1. The Hall–Kier alpha value is -1.08. The lowest BCUT2D eigenvalue weighted by atomic mass is 10.1. The van der Waals surface area contributed by atoms with Gasteiger partial charge in [-0.15, -0.1) is 12.4 Å². The van der Waals surface area contributed by atoms with Crippen molar-refractivity contribution < 1.29 is 4.74 Å². The van der Waals surface area contributed by atoms with Gasteiger partial charge in [-0.2, -0.15) is 5.26 Å². The van der Waals surface area contributed by atoms with E-state index in [0.717, 1.165) is 13.2 Å². The van der Waals surface area contributed by atoms with Crippen LogP contribution in [0.25, 0.3) is 0 Å². The Labute approximate surface area is 95.5 Å². The van der Waals surface area contributed by atoms with Gasteiger partial charge in [-0.25, -0.2) is 0 Å². The summed E-state index contributed by atoms with van der Waals surface area (Å²) in [6.07, 6.45) is 0. The predicted octanol–water partition coefficient (Wildman–Crippen LogP) is 1.64. The molecule has 0 spiro atoms. The molecule has 1 aliphatic heterocycles. The second kappa shape index (κ2) is 5.72. The summed E-state index contributed by atoms with van der Waals surface area (Å²) in [6.45, 7) is 2.39. The van der Waals surface area contributed by atoms with Crippen molar-refractivity contribution in [3.63, 3.8) is 0 Å². The largest absolute Gasteiger partial charge is 0.378 e. The molecule has 15 heavy (non-hydrogen) atoms. The number of benzene rings is 1. The Morgan fingerprint density at radius 3 is 2.60 bits per heavy atom. The fourth-order valence-electron chi connectivity index (χ4n) is 1.57. The predicted molar refractivity (Wildman–Crippen MR) is 60.0 cm³/mol. The van der Waals surface area contributed by atoms with Crippen molar-refractivity contribution in [3.8, 4) is 6.07 Å². The first kappa shape index (κ1) is 12.0. The van der Waals surface area contributed by atoms with Crippen LogP contribution in [0, 0.1) is 11.3 Å². The van der Waals surface area contributed by atoms with Crippen LogP contribution in [0.2, 0.25) is 0 Å². The van der Waals surface area contributed by atoms with E-state index in [1.54, 1.807) is 0 Å². The van der Waals surface area contributed by atoms with Gasteiger partial charge in [0.15, 0.2) is 0 Å². The Kier molecular flexibility index (Phi) is 4.57. The molecule has 1 atom stereocenters. The number of halogens is 1. The van der Waals surface area contributed by atoms with E-state index in [2.05, 4.69) is 11.4 Å². The molecule has 0 aromatic heterocycles. The number of hydrogen-bond acceptors (Lipinski definition) is 3. The van der Waals surface area contributed by atoms with E-state index in [0.29, 0.717) is 12.2 Å². The summed E-state index contributed by atoms with van der Waals surface area (Å²) in [5, 5.41) is 12.0. The molecule has 0 bridgehead atoms. The third-order valence-corrected chi connectivity index (χ3v) is 2.36. The van der Waals surface area contributed by atoms with Crippen molar-refractivity contribution in [2.45, 2.75) is 6.04 Å². The summed E-state index contributed by atoms with van der Waals surface area (Å²) in [5.41, 5.74) is 1.88. The van der Waals surface area contributed by atoms with Crippen LogP contribution in [0.1, 0.15) is 17.2 Å². The molecule has 2 rings (SSSR count). The number of morpholine rings is 1. The monoisotopic (exact) mass is 224 g/mol. The van der Waals surface area contributed by atoms with Gasteiger partial charge in [-0.1, -0.05) is 12.1 Å². The summed E-state index contributed by atoms with van der Waals surface area (Å²) >= 11 is 0. The van der Waals surface area contributed by atoms with E-state index in [-0.39, 0.29) is 18.4 Å². The second-order valence-electron chi connectivity index (χ2n) is 3.32. The van der Waals surface area contributed by atoms with Gasteiger partial charge in [-0.05, 0) is 17.7 Å². The molecule has 0 amide bonds. The molecule has 1 heterocycles. The SMILES string of the molecule is Cl.N#Cc1ccc([C@@H]2COCCN2)cc1. The standard InChI is InChI=1S/C11H12N2O.ClH/c12-7-9-1-3-10(4-2-9)11-8-14-6-5-13-11;/h1-4,11,13H,5-6,8H2;1H/t11-;/m0./s1. The molecule has 1 fully saturated rings. The van der Waals surface area contributed by atoms with Crippen molar-refractivity contribution in [2.75, 3.05) is 19.8 Å². The number of nitriles is 1. The van der Waals surface area contributed by atoms with Gasteiger partial charge in [0.1, 0.15) is 0 Å². The highest BCUT2D eigenvalue weighted by atomic mass is 35.5. The Morgan fingerprint density at radius 1 is 1.33 bits per heavy atom. The highest BCUT2D eigenvalue weighted by molar-refractivity contribution is 5.85.